The molecule has 0 N–H and O–H groups in total. The van der Waals surface area contributed by atoms with Crippen LogP contribution in [0.4, 0.5) is 0 Å². The maximum absolute atomic E-state index is 5.95. The van der Waals surface area contributed by atoms with E-state index in [1.54, 1.807) is 0 Å². The molecule has 3 nitrogen and oxygen atoms in total. The topological polar surface area (TPSA) is 25.4 Å². The number of hydrogen-bond acceptors (Lipinski definition) is 3. The summed E-state index contributed by atoms with van der Waals surface area (Å²) in [6.07, 6.45) is 12.1. The minimum Gasteiger partial charge on any atom is -0.375 e. The van der Waals surface area contributed by atoms with E-state index in [4.69, 9.17) is 4.74 Å². The maximum Gasteiger partial charge on any atom is 0.106 e. The quantitative estimate of drug-likeness (QED) is 0.794. The number of pyridine rings is 1. The molecule has 1 aromatic rings. The number of morpholine rings is 1. The molecule has 4 heteroatoms. The Morgan fingerprint density at radius 3 is 3.05 bits per heavy atom. The molecular weight excluding hydrogens is 316 g/mol. The fourth-order valence-electron chi connectivity index (χ4n) is 2.77. The monoisotopic (exact) mass is 334 g/mol. The van der Waals surface area contributed by atoms with Gasteiger partial charge in [-0.15, -0.1) is 0 Å². The summed E-state index contributed by atoms with van der Waals surface area (Å²) in [6.45, 7) is 3.77. The molecule has 1 fully saturated rings. The summed E-state index contributed by atoms with van der Waals surface area (Å²) in [7, 11) is 0. The molecule has 0 saturated carbocycles. The first-order valence-corrected chi connectivity index (χ1v) is 7.88. The highest BCUT2D eigenvalue weighted by Crippen LogP contribution is 2.22. The zero-order chi connectivity index (χ0) is 13.8. The number of allylic oxidation sites excluding steroid dienone is 3. The Balaban J connectivity index is 1.59. The molecule has 2 heterocycles. The van der Waals surface area contributed by atoms with Gasteiger partial charge in [-0.3, -0.25) is 4.90 Å². The molecule has 1 unspecified atom stereocenters. The lowest BCUT2D eigenvalue weighted by atomic mass is 9.93. The molecule has 0 aromatic carbocycles. The van der Waals surface area contributed by atoms with Gasteiger partial charge in [0.1, 0.15) is 4.60 Å². The van der Waals surface area contributed by atoms with Crippen LogP contribution in [0, 0.1) is 5.92 Å². The van der Waals surface area contributed by atoms with E-state index >= 15 is 0 Å². The number of ether oxygens (including phenoxy) is 1. The Bertz CT molecular complexity index is 498. The minimum absolute atomic E-state index is 0.313. The Labute approximate surface area is 128 Å². The average molecular weight is 335 g/mol. The van der Waals surface area contributed by atoms with Crippen molar-refractivity contribution in [2.45, 2.75) is 19.1 Å². The van der Waals surface area contributed by atoms with Crippen LogP contribution in [0.3, 0.4) is 0 Å². The number of halogens is 1. The maximum atomic E-state index is 5.95. The van der Waals surface area contributed by atoms with Crippen LogP contribution in [0.5, 0.6) is 0 Å². The molecule has 0 radical (unpaired) electrons. The largest absolute Gasteiger partial charge is 0.375 e. The van der Waals surface area contributed by atoms with E-state index in [1.165, 1.54) is 5.56 Å². The summed E-state index contributed by atoms with van der Waals surface area (Å²) in [5, 5.41) is 0. The van der Waals surface area contributed by atoms with Crippen LogP contribution in [-0.2, 0) is 11.3 Å². The van der Waals surface area contributed by atoms with Gasteiger partial charge in [0, 0.05) is 31.7 Å². The van der Waals surface area contributed by atoms with E-state index in [9.17, 15) is 0 Å². The molecule has 1 aromatic heterocycles. The molecule has 0 spiro atoms. The molecule has 1 aliphatic heterocycles. The molecule has 106 valence electrons. The van der Waals surface area contributed by atoms with Crippen LogP contribution in [0.1, 0.15) is 12.0 Å². The Kier molecular flexibility index (Phi) is 4.65. The van der Waals surface area contributed by atoms with E-state index in [0.717, 1.165) is 37.3 Å². The van der Waals surface area contributed by atoms with Crippen molar-refractivity contribution >= 4 is 15.9 Å². The Morgan fingerprint density at radius 2 is 2.30 bits per heavy atom. The van der Waals surface area contributed by atoms with Gasteiger partial charge in [0.15, 0.2) is 0 Å². The summed E-state index contributed by atoms with van der Waals surface area (Å²) >= 11 is 3.37. The molecule has 1 saturated heterocycles. The molecule has 0 bridgehead atoms. The summed E-state index contributed by atoms with van der Waals surface area (Å²) < 4.78 is 6.84. The minimum atomic E-state index is 0.313. The van der Waals surface area contributed by atoms with Crippen LogP contribution in [0.15, 0.2) is 47.2 Å². The Hall–Kier alpha value is -0.970. The van der Waals surface area contributed by atoms with E-state index in [1.807, 2.05) is 12.3 Å². The standard InChI is InChI=1S/C16H19BrN2O/c17-16-7-6-13(10-18-16)11-19-8-9-20-15(12-19)14-4-2-1-3-5-14/h1-4,6-7,10,14-15H,5,8-9,11-12H2/t14?,15-/m1/s1. The summed E-state index contributed by atoms with van der Waals surface area (Å²) in [4.78, 5) is 6.76. The molecule has 20 heavy (non-hydrogen) atoms. The molecule has 2 aliphatic rings. The number of aromatic nitrogens is 1. The predicted octanol–water partition coefficient (Wildman–Crippen LogP) is 3.18. The molecular formula is C16H19BrN2O. The fourth-order valence-corrected chi connectivity index (χ4v) is 3.00. The third kappa shape index (κ3) is 3.57. The van der Waals surface area contributed by atoms with Crippen molar-refractivity contribution in [2.75, 3.05) is 19.7 Å². The molecule has 1 aliphatic carbocycles. The normalized spacial score (nSPS) is 26.9. The SMILES string of the molecule is Brc1ccc(CN2CCO[C@@H](C3C=CC=CC3)C2)cn1. The van der Waals surface area contributed by atoms with Gasteiger partial charge in [0.05, 0.1) is 12.7 Å². The second kappa shape index (κ2) is 6.66. The van der Waals surface area contributed by atoms with Gasteiger partial charge < -0.3 is 4.74 Å². The second-order valence-corrected chi connectivity index (χ2v) is 6.16. The van der Waals surface area contributed by atoms with Gasteiger partial charge in [-0.05, 0) is 34.0 Å². The van der Waals surface area contributed by atoms with Crippen molar-refractivity contribution < 1.29 is 4.74 Å². The summed E-state index contributed by atoms with van der Waals surface area (Å²) in [5.74, 6) is 0.519. The van der Waals surface area contributed by atoms with Crippen molar-refractivity contribution in [3.05, 3.63) is 52.8 Å². The second-order valence-electron chi connectivity index (χ2n) is 5.35. The number of rotatable bonds is 3. The lowest BCUT2D eigenvalue weighted by Gasteiger charge is -2.36. The van der Waals surface area contributed by atoms with Gasteiger partial charge >= 0.3 is 0 Å². The highest BCUT2D eigenvalue weighted by atomic mass is 79.9. The van der Waals surface area contributed by atoms with Crippen LogP contribution in [0.25, 0.3) is 0 Å². The van der Waals surface area contributed by atoms with Crippen LogP contribution in [0.2, 0.25) is 0 Å². The van der Waals surface area contributed by atoms with Crippen molar-refractivity contribution in [1.82, 2.24) is 9.88 Å². The van der Waals surface area contributed by atoms with Gasteiger partial charge in [0.25, 0.3) is 0 Å². The molecule has 2 atom stereocenters. The van der Waals surface area contributed by atoms with Crippen molar-refractivity contribution in [2.24, 2.45) is 5.92 Å². The van der Waals surface area contributed by atoms with E-state index in [2.05, 4.69) is 56.2 Å². The highest BCUT2D eigenvalue weighted by molar-refractivity contribution is 9.10. The summed E-state index contributed by atoms with van der Waals surface area (Å²) in [6, 6.07) is 4.13. The van der Waals surface area contributed by atoms with Crippen molar-refractivity contribution in [3.8, 4) is 0 Å². The van der Waals surface area contributed by atoms with E-state index in [0.29, 0.717) is 12.0 Å². The lowest BCUT2D eigenvalue weighted by molar-refractivity contribution is -0.0504. The Morgan fingerprint density at radius 1 is 1.35 bits per heavy atom. The van der Waals surface area contributed by atoms with Crippen molar-refractivity contribution in [1.29, 1.82) is 0 Å². The highest BCUT2D eigenvalue weighted by Gasteiger charge is 2.26. The first-order valence-electron chi connectivity index (χ1n) is 7.09. The number of hydrogen-bond donors (Lipinski definition) is 0. The first-order chi connectivity index (χ1) is 9.81. The van der Waals surface area contributed by atoms with Crippen LogP contribution in [-0.4, -0.2) is 35.7 Å². The molecule has 3 rings (SSSR count). The lowest BCUT2D eigenvalue weighted by Crippen LogP contribution is -2.45. The fraction of sp³-hybridized carbons (Fsp3) is 0.438. The zero-order valence-corrected chi connectivity index (χ0v) is 13.0. The van der Waals surface area contributed by atoms with Gasteiger partial charge in [-0.1, -0.05) is 30.4 Å². The smallest absolute Gasteiger partial charge is 0.106 e. The van der Waals surface area contributed by atoms with Crippen LogP contribution >= 0.6 is 15.9 Å². The van der Waals surface area contributed by atoms with Crippen molar-refractivity contribution in [3.63, 3.8) is 0 Å². The first kappa shape index (κ1) is 14.0. The van der Waals surface area contributed by atoms with Crippen LogP contribution < -0.4 is 0 Å². The predicted molar refractivity (Wildman–Crippen MR) is 83.3 cm³/mol. The molecule has 0 amide bonds. The van der Waals surface area contributed by atoms with Gasteiger partial charge in [-0.2, -0.15) is 0 Å². The van der Waals surface area contributed by atoms with E-state index < -0.39 is 0 Å². The third-order valence-electron chi connectivity index (χ3n) is 3.86. The average Bonchev–Trinajstić information content (AvgIpc) is 2.51. The van der Waals surface area contributed by atoms with Gasteiger partial charge in [0.2, 0.25) is 0 Å². The van der Waals surface area contributed by atoms with E-state index in [-0.39, 0.29) is 0 Å². The number of nitrogens with zero attached hydrogens (tertiary/aromatic N) is 2. The summed E-state index contributed by atoms with van der Waals surface area (Å²) in [5.41, 5.74) is 1.26. The third-order valence-corrected chi connectivity index (χ3v) is 4.33. The zero-order valence-electron chi connectivity index (χ0n) is 11.4. The van der Waals surface area contributed by atoms with Gasteiger partial charge in [-0.25, -0.2) is 4.98 Å².